The molecule has 1 aromatic carbocycles. The van der Waals surface area contributed by atoms with Crippen LogP contribution in [0.2, 0.25) is 0 Å². The fourth-order valence-corrected chi connectivity index (χ4v) is 4.06. The standard InChI is InChI=1S/C17H17N3O2S2/c1-11-8-14-16(18-10-19-17(14)24-11)23-7-6-15(21)20-12-4-3-5-13(9-12)22-2/h3-5,8-10H,6-7H2,1-2H3,(H,20,21). The van der Waals surface area contributed by atoms with Crippen molar-refractivity contribution >= 4 is 44.9 Å². The van der Waals surface area contributed by atoms with E-state index in [1.54, 1.807) is 42.6 Å². The van der Waals surface area contributed by atoms with E-state index < -0.39 is 0 Å². The molecule has 0 atom stereocenters. The summed E-state index contributed by atoms with van der Waals surface area (Å²) in [4.78, 5) is 22.9. The van der Waals surface area contributed by atoms with E-state index in [1.165, 1.54) is 4.88 Å². The largest absolute Gasteiger partial charge is 0.497 e. The lowest BCUT2D eigenvalue weighted by molar-refractivity contribution is -0.115. The molecule has 5 nitrogen and oxygen atoms in total. The Morgan fingerprint density at radius 2 is 2.21 bits per heavy atom. The number of hydrogen-bond acceptors (Lipinski definition) is 6. The lowest BCUT2D eigenvalue weighted by atomic mass is 10.3. The number of benzene rings is 1. The normalized spacial score (nSPS) is 10.8. The Morgan fingerprint density at radius 1 is 1.33 bits per heavy atom. The predicted molar refractivity (Wildman–Crippen MR) is 99.1 cm³/mol. The molecular weight excluding hydrogens is 342 g/mol. The topological polar surface area (TPSA) is 64.1 Å². The van der Waals surface area contributed by atoms with Crippen LogP contribution in [0.25, 0.3) is 10.2 Å². The van der Waals surface area contributed by atoms with Gasteiger partial charge in [0, 0.05) is 34.2 Å². The minimum atomic E-state index is -0.0254. The number of thioether (sulfide) groups is 1. The molecular formula is C17H17N3O2S2. The molecule has 124 valence electrons. The number of methoxy groups -OCH3 is 1. The number of aryl methyl sites for hydroxylation is 1. The van der Waals surface area contributed by atoms with E-state index in [1.807, 2.05) is 18.2 Å². The van der Waals surface area contributed by atoms with Gasteiger partial charge in [-0.1, -0.05) is 6.07 Å². The molecule has 0 saturated heterocycles. The summed E-state index contributed by atoms with van der Waals surface area (Å²) in [6, 6.07) is 9.43. The smallest absolute Gasteiger partial charge is 0.225 e. The third-order valence-corrected chi connectivity index (χ3v) is 5.30. The van der Waals surface area contributed by atoms with Crippen molar-refractivity contribution in [2.45, 2.75) is 18.4 Å². The summed E-state index contributed by atoms with van der Waals surface area (Å²) < 4.78 is 5.15. The highest BCUT2D eigenvalue weighted by atomic mass is 32.2. The fourth-order valence-electron chi connectivity index (χ4n) is 2.23. The first-order chi connectivity index (χ1) is 11.7. The van der Waals surface area contributed by atoms with Gasteiger partial charge in [-0.15, -0.1) is 23.1 Å². The van der Waals surface area contributed by atoms with E-state index in [0.29, 0.717) is 12.2 Å². The number of anilines is 1. The van der Waals surface area contributed by atoms with Crippen LogP contribution in [0.15, 0.2) is 41.7 Å². The van der Waals surface area contributed by atoms with Crippen LogP contribution in [0.3, 0.4) is 0 Å². The molecule has 1 N–H and O–H groups in total. The minimum absolute atomic E-state index is 0.0254. The lowest BCUT2D eigenvalue weighted by Crippen LogP contribution is -2.12. The second-order valence-corrected chi connectivity index (χ2v) is 7.45. The number of rotatable bonds is 6. The van der Waals surface area contributed by atoms with Gasteiger partial charge in [0.15, 0.2) is 0 Å². The maximum atomic E-state index is 12.1. The van der Waals surface area contributed by atoms with E-state index in [9.17, 15) is 4.79 Å². The molecule has 0 bridgehead atoms. The number of ether oxygens (including phenoxy) is 1. The van der Waals surface area contributed by atoms with E-state index in [4.69, 9.17) is 4.74 Å². The van der Waals surface area contributed by atoms with Crippen LogP contribution in [-0.4, -0.2) is 28.7 Å². The Bertz CT molecular complexity index is 864. The zero-order valence-corrected chi connectivity index (χ0v) is 15.0. The predicted octanol–water partition coefficient (Wildman–Crippen LogP) is 4.13. The van der Waals surface area contributed by atoms with Crippen LogP contribution in [0.4, 0.5) is 5.69 Å². The molecule has 2 heterocycles. The van der Waals surface area contributed by atoms with Crippen molar-refractivity contribution in [2.24, 2.45) is 0 Å². The zero-order chi connectivity index (χ0) is 16.9. The van der Waals surface area contributed by atoms with Crippen molar-refractivity contribution in [1.29, 1.82) is 0 Å². The average Bonchev–Trinajstić information content (AvgIpc) is 2.96. The Kier molecular flexibility index (Phi) is 5.32. The number of aromatic nitrogens is 2. The molecule has 0 radical (unpaired) electrons. The monoisotopic (exact) mass is 359 g/mol. The Hall–Kier alpha value is -2.12. The number of hydrogen-bond donors (Lipinski definition) is 1. The molecule has 0 aliphatic carbocycles. The highest BCUT2D eigenvalue weighted by molar-refractivity contribution is 7.99. The second-order valence-electron chi connectivity index (χ2n) is 5.13. The lowest BCUT2D eigenvalue weighted by Gasteiger charge is -2.07. The van der Waals surface area contributed by atoms with Gasteiger partial charge in [-0.05, 0) is 25.1 Å². The zero-order valence-electron chi connectivity index (χ0n) is 13.4. The van der Waals surface area contributed by atoms with Crippen molar-refractivity contribution in [3.8, 4) is 5.75 Å². The summed E-state index contributed by atoms with van der Waals surface area (Å²) in [7, 11) is 1.60. The molecule has 3 rings (SSSR count). The first-order valence-corrected chi connectivity index (χ1v) is 9.24. The number of nitrogens with one attached hydrogen (secondary N) is 1. The van der Waals surface area contributed by atoms with Crippen molar-refractivity contribution in [3.05, 3.63) is 41.5 Å². The van der Waals surface area contributed by atoms with Crippen molar-refractivity contribution in [1.82, 2.24) is 9.97 Å². The summed E-state index contributed by atoms with van der Waals surface area (Å²) >= 11 is 3.24. The SMILES string of the molecule is COc1cccc(NC(=O)CCSc2ncnc3sc(C)cc23)c1. The number of thiophene rings is 1. The van der Waals surface area contributed by atoms with Gasteiger partial charge in [0.1, 0.15) is 21.9 Å². The molecule has 0 unspecified atom stereocenters. The van der Waals surface area contributed by atoms with E-state index >= 15 is 0 Å². The van der Waals surface area contributed by atoms with E-state index in [2.05, 4.69) is 28.3 Å². The highest BCUT2D eigenvalue weighted by Crippen LogP contribution is 2.30. The first kappa shape index (κ1) is 16.7. The van der Waals surface area contributed by atoms with Crippen molar-refractivity contribution in [3.63, 3.8) is 0 Å². The summed E-state index contributed by atoms with van der Waals surface area (Å²) in [6.07, 6.45) is 1.99. The van der Waals surface area contributed by atoms with Gasteiger partial charge < -0.3 is 10.1 Å². The number of carbonyl (C=O) groups excluding carboxylic acids is 1. The summed E-state index contributed by atoms with van der Waals surface area (Å²) in [6.45, 7) is 2.06. The minimum Gasteiger partial charge on any atom is -0.497 e. The molecule has 0 spiro atoms. The van der Waals surface area contributed by atoms with Crippen LogP contribution in [-0.2, 0) is 4.79 Å². The number of amides is 1. The molecule has 0 saturated carbocycles. The second kappa shape index (κ2) is 7.63. The maximum Gasteiger partial charge on any atom is 0.225 e. The van der Waals surface area contributed by atoms with Gasteiger partial charge in [-0.25, -0.2) is 9.97 Å². The van der Waals surface area contributed by atoms with Crippen LogP contribution in [0.1, 0.15) is 11.3 Å². The summed E-state index contributed by atoms with van der Waals surface area (Å²) in [5, 5.41) is 4.88. The van der Waals surface area contributed by atoms with Gasteiger partial charge in [-0.3, -0.25) is 4.79 Å². The number of nitrogens with zero attached hydrogens (tertiary/aromatic N) is 2. The summed E-state index contributed by atoms with van der Waals surface area (Å²) in [5.74, 6) is 1.36. The number of carbonyl (C=O) groups is 1. The van der Waals surface area contributed by atoms with Gasteiger partial charge in [0.2, 0.25) is 5.91 Å². The van der Waals surface area contributed by atoms with Crippen LogP contribution in [0.5, 0.6) is 5.75 Å². The van der Waals surface area contributed by atoms with Gasteiger partial charge in [0.05, 0.1) is 7.11 Å². The molecule has 7 heteroatoms. The van der Waals surface area contributed by atoms with Gasteiger partial charge >= 0.3 is 0 Å². The Balaban J connectivity index is 1.56. The van der Waals surface area contributed by atoms with Crippen molar-refractivity contribution < 1.29 is 9.53 Å². The molecule has 0 aliphatic rings. The van der Waals surface area contributed by atoms with Crippen LogP contribution >= 0.6 is 23.1 Å². The van der Waals surface area contributed by atoms with E-state index in [0.717, 1.165) is 26.7 Å². The van der Waals surface area contributed by atoms with Crippen LogP contribution < -0.4 is 10.1 Å². The molecule has 24 heavy (non-hydrogen) atoms. The fraction of sp³-hybridized carbons (Fsp3) is 0.235. The summed E-state index contributed by atoms with van der Waals surface area (Å²) in [5.41, 5.74) is 0.738. The first-order valence-electron chi connectivity index (χ1n) is 7.43. The molecule has 2 aromatic heterocycles. The molecule has 3 aromatic rings. The Morgan fingerprint density at radius 3 is 3.04 bits per heavy atom. The van der Waals surface area contributed by atoms with E-state index in [-0.39, 0.29) is 5.91 Å². The van der Waals surface area contributed by atoms with Gasteiger partial charge in [-0.2, -0.15) is 0 Å². The quantitative estimate of drug-likeness (QED) is 0.529. The third-order valence-electron chi connectivity index (χ3n) is 3.34. The molecule has 0 fully saturated rings. The average molecular weight is 359 g/mol. The maximum absolute atomic E-state index is 12.1. The molecule has 1 amide bonds. The highest BCUT2D eigenvalue weighted by Gasteiger charge is 2.09. The molecule has 0 aliphatic heterocycles. The number of fused-ring (bicyclic) bond motifs is 1. The Labute approximate surface area is 148 Å². The third kappa shape index (κ3) is 4.04. The van der Waals surface area contributed by atoms with Gasteiger partial charge in [0.25, 0.3) is 0 Å². The van der Waals surface area contributed by atoms with Crippen molar-refractivity contribution in [2.75, 3.05) is 18.2 Å². The van der Waals surface area contributed by atoms with Crippen LogP contribution in [0, 0.1) is 6.92 Å².